The maximum atomic E-state index is 12.1. The van der Waals surface area contributed by atoms with E-state index in [-0.39, 0.29) is 5.91 Å². The third-order valence-corrected chi connectivity index (χ3v) is 6.13. The van der Waals surface area contributed by atoms with Crippen LogP contribution in [0.2, 0.25) is 0 Å². The van der Waals surface area contributed by atoms with E-state index in [1.165, 1.54) is 31.2 Å². The number of nitrogens with two attached hydrogens (primary N) is 1. The van der Waals surface area contributed by atoms with Crippen molar-refractivity contribution in [1.29, 1.82) is 0 Å². The van der Waals surface area contributed by atoms with Crippen molar-refractivity contribution in [3.8, 4) is 0 Å². The number of thiophene rings is 1. The fourth-order valence-electron chi connectivity index (χ4n) is 3.93. The molecule has 21 heavy (non-hydrogen) atoms. The SMILES string of the molecule is NNC(=O)c1sc2ccccc2c1CN1CC2CCC1C2. The Hall–Kier alpha value is -1.43. The van der Waals surface area contributed by atoms with Gasteiger partial charge in [0.25, 0.3) is 5.91 Å². The van der Waals surface area contributed by atoms with E-state index in [1.807, 2.05) is 12.1 Å². The molecule has 2 bridgehead atoms. The van der Waals surface area contributed by atoms with Crippen LogP contribution in [-0.2, 0) is 6.54 Å². The van der Waals surface area contributed by atoms with Gasteiger partial charge in [-0.15, -0.1) is 11.3 Å². The molecule has 2 aromatic rings. The summed E-state index contributed by atoms with van der Waals surface area (Å²) in [6.07, 6.45) is 4.02. The molecule has 0 radical (unpaired) electrons. The molecule has 1 saturated carbocycles. The van der Waals surface area contributed by atoms with Gasteiger partial charge in [0.15, 0.2) is 0 Å². The van der Waals surface area contributed by atoms with Crippen molar-refractivity contribution in [2.75, 3.05) is 6.54 Å². The Morgan fingerprint density at radius 3 is 2.95 bits per heavy atom. The van der Waals surface area contributed by atoms with Gasteiger partial charge in [0.05, 0.1) is 4.88 Å². The summed E-state index contributed by atoms with van der Waals surface area (Å²) in [6.45, 7) is 2.05. The topological polar surface area (TPSA) is 58.4 Å². The summed E-state index contributed by atoms with van der Waals surface area (Å²) in [5.74, 6) is 6.05. The number of hydrogen-bond acceptors (Lipinski definition) is 4. The molecule has 2 aliphatic rings. The third kappa shape index (κ3) is 2.16. The summed E-state index contributed by atoms with van der Waals surface area (Å²) in [7, 11) is 0. The minimum absolute atomic E-state index is 0.171. The minimum atomic E-state index is -0.171. The monoisotopic (exact) mass is 301 g/mol. The predicted molar refractivity (Wildman–Crippen MR) is 85.0 cm³/mol. The summed E-state index contributed by atoms with van der Waals surface area (Å²) in [4.78, 5) is 15.4. The molecule has 1 aromatic carbocycles. The summed E-state index contributed by atoms with van der Waals surface area (Å²) < 4.78 is 1.16. The van der Waals surface area contributed by atoms with Gasteiger partial charge in [-0.2, -0.15) is 0 Å². The largest absolute Gasteiger partial charge is 0.296 e. The lowest BCUT2D eigenvalue weighted by atomic mass is 10.1. The molecule has 2 atom stereocenters. The first-order valence-corrected chi connectivity index (χ1v) is 8.33. The molecule has 1 saturated heterocycles. The van der Waals surface area contributed by atoms with Gasteiger partial charge in [0, 0.05) is 23.8 Å². The van der Waals surface area contributed by atoms with Crippen molar-refractivity contribution in [3.05, 3.63) is 34.7 Å². The number of carbonyl (C=O) groups is 1. The Bertz CT molecular complexity index is 696. The molecular weight excluding hydrogens is 282 g/mol. The standard InChI is InChI=1S/C16H19N3OS/c17-18-16(20)15-13(12-3-1-2-4-14(12)21-15)9-19-8-10-5-6-11(19)7-10/h1-4,10-11H,5-9,17H2,(H,18,20). The lowest BCUT2D eigenvalue weighted by Crippen LogP contribution is -2.33. The average molecular weight is 301 g/mol. The molecule has 1 aromatic heterocycles. The summed E-state index contributed by atoms with van der Waals surface area (Å²) >= 11 is 1.54. The number of nitrogen functional groups attached to an aromatic ring is 1. The number of rotatable bonds is 3. The number of likely N-dealkylation sites (tertiary alicyclic amines) is 1. The number of hydrogen-bond donors (Lipinski definition) is 2. The Morgan fingerprint density at radius 1 is 1.38 bits per heavy atom. The van der Waals surface area contributed by atoms with E-state index in [0.29, 0.717) is 6.04 Å². The highest BCUT2D eigenvalue weighted by Crippen LogP contribution is 2.40. The highest BCUT2D eigenvalue weighted by Gasteiger charge is 2.38. The van der Waals surface area contributed by atoms with Crippen LogP contribution < -0.4 is 11.3 Å². The van der Waals surface area contributed by atoms with Crippen LogP contribution >= 0.6 is 11.3 Å². The van der Waals surface area contributed by atoms with Crippen molar-refractivity contribution >= 4 is 27.3 Å². The van der Waals surface area contributed by atoms with Crippen molar-refractivity contribution in [1.82, 2.24) is 10.3 Å². The fraction of sp³-hybridized carbons (Fsp3) is 0.438. The second kappa shape index (κ2) is 5.09. The first-order chi connectivity index (χ1) is 10.3. The molecule has 2 unspecified atom stereocenters. The van der Waals surface area contributed by atoms with Crippen molar-refractivity contribution < 1.29 is 4.79 Å². The maximum Gasteiger partial charge on any atom is 0.275 e. The quantitative estimate of drug-likeness (QED) is 0.520. The minimum Gasteiger partial charge on any atom is -0.296 e. The average Bonchev–Trinajstić information content (AvgIpc) is 3.21. The summed E-state index contributed by atoms with van der Waals surface area (Å²) in [5.41, 5.74) is 3.44. The Balaban J connectivity index is 1.73. The molecule has 3 N–H and O–H groups in total. The molecule has 2 fully saturated rings. The van der Waals surface area contributed by atoms with Gasteiger partial charge in [0.1, 0.15) is 0 Å². The van der Waals surface area contributed by atoms with Crippen LogP contribution in [0.4, 0.5) is 0 Å². The number of nitrogens with one attached hydrogen (secondary N) is 1. The van der Waals surface area contributed by atoms with Gasteiger partial charge in [-0.05, 0) is 42.2 Å². The van der Waals surface area contributed by atoms with Gasteiger partial charge in [-0.25, -0.2) is 5.84 Å². The van der Waals surface area contributed by atoms with Gasteiger partial charge < -0.3 is 0 Å². The van der Waals surface area contributed by atoms with E-state index in [1.54, 1.807) is 11.3 Å². The van der Waals surface area contributed by atoms with Crippen LogP contribution in [0.5, 0.6) is 0 Å². The predicted octanol–water partition coefficient (Wildman–Crippen LogP) is 2.49. The maximum absolute atomic E-state index is 12.1. The van der Waals surface area contributed by atoms with E-state index in [2.05, 4.69) is 22.5 Å². The zero-order chi connectivity index (χ0) is 14.4. The number of amides is 1. The zero-order valence-electron chi connectivity index (χ0n) is 11.8. The number of piperidine rings is 1. The van der Waals surface area contributed by atoms with E-state index in [0.717, 1.165) is 27.6 Å². The molecule has 110 valence electrons. The third-order valence-electron chi connectivity index (χ3n) is 4.92. The van der Waals surface area contributed by atoms with Crippen molar-refractivity contribution in [2.24, 2.45) is 11.8 Å². The van der Waals surface area contributed by atoms with E-state index >= 15 is 0 Å². The van der Waals surface area contributed by atoms with Crippen molar-refractivity contribution in [2.45, 2.75) is 31.8 Å². The molecule has 5 heteroatoms. The van der Waals surface area contributed by atoms with Crippen LogP contribution in [0, 0.1) is 5.92 Å². The highest BCUT2D eigenvalue weighted by molar-refractivity contribution is 7.21. The van der Waals surface area contributed by atoms with E-state index < -0.39 is 0 Å². The smallest absolute Gasteiger partial charge is 0.275 e. The van der Waals surface area contributed by atoms with E-state index in [9.17, 15) is 4.79 Å². The van der Waals surface area contributed by atoms with Crippen molar-refractivity contribution in [3.63, 3.8) is 0 Å². The molecule has 1 amide bonds. The number of fused-ring (bicyclic) bond motifs is 3. The molecule has 1 aliphatic carbocycles. The van der Waals surface area contributed by atoms with Gasteiger partial charge in [-0.3, -0.25) is 15.1 Å². The fourth-order valence-corrected chi connectivity index (χ4v) is 5.05. The van der Waals surface area contributed by atoms with Crippen LogP contribution in [0.25, 0.3) is 10.1 Å². The molecule has 2 heterocycles. The van der Waals surface area contributed by atoms with Crippen LogP contribution in [0.3, 0.4) is 0 Å². The van der Waals surface area contributed by atoms with E-state index in [4.69, 9.17) is 5.84 Å². The van der Waals surface area contributed by atoms with Gasteiger partial charge >= 0.3 is 0 Å². The second-order valence-electron chi connectivity index (χ2n) is 6.14. The lowest BCUT2D eigenvalue weighted by molar-refractivity contribution is 0.0955. The lowest BCUT2D eigenvalue weighted by Gasteiger charge is -2.26. The second-order valence-corrected chi connectivity index (χ2v) is 7.19. The number of carbonyl (C=O) groups excluding carboxylic acids is 1. The molecule has 1 aliphatic heterocycles. The van der Waals surface area contributed by atoms with Crippen LogP contribution in [0.15, 0.2) is 24.3 Å². The van der Waals surface area contributed by atoms with Gasteiger partial charge in [-0.1, -0.05) is 18.2 Å². The Kier molecular flexibility index (Phi) is 3.21. The molecule has 4 nitrogen and oxygen atoms in total. The Labute approximate surface area is 127 Å². The summed E-state index contributed by atoms with van der Waals surface area (Å²) in [5, 5.41) is 1.20. The molecule has 4 rings (SSSR count). The zero-order valence-corrected chi connectivity index (χ0v) is 12.7. The summed E-state index contributed by atoms with van der Waals surface area (Å²) in [6, 6.07) is 8.96. The molecular formula is C16H19N3OS. The number of hydrazine groups is 1. The highest BCUT2D eigenvalue weighted by atomic mass is 32.1. The van der Waals surface area contributed by atoms with Crippen LogP contribution in [0.1, 0.15) is 34.5 Å². The number of nitrogens with zero attached hydrogens (tertiary/aromatic N) is 1. The van der Waals surface area contributed by atoms with Gasteiger partial charge in [0.2, 0.25) is 0 Å². The first-order valence-electron chi connectivity index (χ1n) is 7.51. The first kappa shape index (κ1) is 13.2. The van der Waals surface area contributed by atoms with Crippen LogP contribution in [-0.4, -0.2) is 23.4 Å². The Morgan fingerprint density at radius 2 is 2.24 bits per heavy atom. The normalized spacial score (nSPS) is 24.8. The number of benzene rings is 1. The molecule has 0 spiro atoms.